The summed E-state index contributed by atoms with van der Waals surface area (Å²) in [6.45, 7) is 6.08. The van der Waals surface area contributed by atoms with Crippen molar-refractivity contribution in [3.8, 4) is 0 Å². The minimum absolute atomic E-state index is 0.172. The molecule has 0 bridgehead atoms. The standard InChI is InChI=1S/C15H19ClFNO/c1-15(2)13(10-5-6-19-14(10)15)18-8-9-3-4-12(17)11(16)7-9/h3-4,7,10,13-14,18H,5-6,8H2,1-2H3. The van der Waals surface area contributed by atoms with E-state index in [9.17, 15) is 4.39 Å². The zero-order chi connectivity index (χ0) is 13.6. The van der Waals surface area contributed by atoms with Crippen molar-refractivity contribution in [2.75, 3.05) is 6.61 Å². The van der Waals surface area contributed by atoms with Gasteiger partial charge < -0.3 is 10.1 Å². The lowest BCUT2D eigenvalue weighted by atomic mass is 9.57. The molecule has 2 nitrogen and oxygen atoms in total. The van der Waals surface area contributed by atoms with Crippen LogP contribution in [0.2, 0.25) is 5.02 Å². The first-order valence-electron chi connectivity index (χ1n) is 6.79. The number of benzene rings is 1. The zero-order valence-electron chi connectivity index (χ0n) is 11.2. The molecule has 0 amide bonds. The summed E-state index contributed by atoms with van der Waals surface area (Å²) < 4.78 is 18.9. The number of hydrogen-bond acceptors (Lipinski definition) is 2. The molecule has 1 heterocycles. The Morgan fingerprint density at radius 3 is 3.00 bits per heavy atom. The fraction of sp³-hybridized carbons (Fsp3) is 0.600. The molecule has 1 aliphatic heterocycles. The van der Waals surface area contributed by atoms with Crippen LogP contribution >= 0.6 is 11.6 Å². The fourth-order valence-corrected chi connectivity index (χ4v) is 3.82. The van der Waals surface area contributed by atoms with Gasteiger partial charge in [-0.3, -0.25) is 0 Å². The van der Waals surface area contributed by atoms with E-state index in [1.54, 1.807) is 12.1 Å². The molecule has 0 aromatic heterocycles. The van der Waals surface area contributed by atoms with Crippen molar-refractivity contribution in [1.82, 2.24) is 5.32 Å². The molecular weight excluding hydrogens is 265 g/mol. The first-order valence-corrected chi connectivity index (χ1v) is 7.17. The average Bonchev–Trinajstić information content (AvgIpc) is 2.80. The Bertz CT molecular complexity index is 491. The third-order valence-electron chi connectivity index (χ3n) is 4.61. The van der Waals surface area contributed by atoms with Gasteiger partial charge in [-0.1, -0.05) is 31.5 Å². The number of hydrogen-bond donors (Lipinski definition) is 1. The molecular formula is C15H19ClFNO. The van der Waals surface area contributed by atoms with Crippen LogP contribution < -0.4 is 5.32 Å². The summed E-state index contributed by atoms with van der Waals surface area (Å²) in [4.78, 5) is 0. The predicted molar refractivity (Wildman–Crippen MR) is 73.7 cm³/mol. The van der Waals surface area contributed by atoms with Gasteiger partial charge in [-0.2, -0.15) is 0 Å². The molecule has 3 unspecified atom stereocenters. The highest BCUT2D eigenvalue weighted by atomic mass is 35.5. The number of fused-ring (bicyclic) bond motifs is 1. The van der Waals surface area contributed by atoms with Gasteiger partial charge >= 0.3 is 0 Å². The van der Waals surface area contributed by atoms with Crippen molar-refractivity contribution in [3.63, 3.8) is 0 Å². The van der Waals surface area contributed by atoms with E-state index in [1.165, 1.54) is 6.07 Å². The molecule has 2 aliphatic rings. The second kappa shape index (κ2) is 4.72. The zero-order valence-corrected chi connectivity index (χ0v) is 12.0. The summed E-state index contributed by atoms with van der Waals surface area (Å²) >= 11 is 5.80. The van der Waals surface area contributed by atoms with Crippen molar-refractivity contribution < 1.29 is 9.13 Å². The highest BCUT2D eigenvalue weighted by Gasteiger charge is 2.58. The minimum atomic E-state index is -0.362. The molecule has 1 aromatic rings. The van der Waals surface area contributed by atoms with Crippen molar-refractivity contribution >= 4 is 11.6 Å². The van der Waals surface area contributed by atoms with Crippen LogP contribution in [-0.4, -0.2) is 18.8 Å². The van der Waals surface area contributed by atoms with Gasteiger partial charge in [-0.25, -0.2) is 4.39 Å². The third-order valence-corrected chi connectivity index (χ3v) is 4.90. The normalized spacial score (nSPS) is 31.9. The Balaban J connectivity index is 1.64. The Hall–Kier alpha value is -0.640. The summed E-state index contributed by atoms with van der Waals surface area (Å²) in [6, 6.07) is 5.36. The maximum atomic E-state index is 13.1. The van der Waals surface area contributed by atoms with Crippen LogP contribution in [-0.2, 0) is 11.3 Å². The van der Waals surface area contributed by atoms with Crippen LogP contribution in [0, 0.1) is 17.2 Å². The van der Waals surface area contributed by atoms with E-state index < -0.39 is 0 Å². The van der Waals surface area contributed by atoms with Crippen LogP contribution in [0.15, 0.2) is 18.2 Å². The van der Waals surface area contributed by atoms with E-state index in [1.807, 2.05) is 0 Å². The molecule has 1 saturated carbocycles. The monoisotopic (exact) mass is 283 g/mol. The summed E-state index contributed by atoms with van der Waals surface area (Å²) in [7, 11) is 0. The topological polar surface area (TPSA) is 21.3 Å². The Kier molecular flexibility index (Phi) is 3.32. The minimum Gasteiger partial charge on any atom is -0.377 e. The molecule has 0 radical (unpaired) electrons. The van der Waals surface area contributed by atoms with Gasteiger partial charge in [-0.15, -0.1) is 0 Å². The lowest BCUT2D eigenvalue weighted by Crippen LogP contribution is -2.65. The summed E-state index contributed by atoms with van der Waals surface area (Å²) in [5.74, 6) is 0.254. The van der Waals surface area contributed by atoms with E-state index in [-0.39, 0.29) is 16.3 Å². The molecule has 0 spiro atoms. The van der Waals surface area contributed by atoms with Crippen molar-refractivity contribution in [2.45, 2.75) is 39.0 Å². The first-order chi connectivity index (χ1) is 9.00. The molecule has 1 saturated heterocycles. The van der Waals surface area contributed by atoms with Gasteiger partial charge in [-0.05, 0) is 24.1 Å². The Morgan fingerprint density at radius 1 is 1.47 bits per heavy atom. The second-order valence-electron chi connectivity index (χ2n) is 6.17. The quantitative estimate of drug-likeness (QED) is 0.918. The maximum absolute atomic E-state index is 13.1. The van der Waals surface area contributed by atoms with Gasteiger partial charge in [0.1, 0.15) is 5.82 Å². The Morgan fingerprint density at radius 2 is 2.26 bits per heavy atom. The second-order valence-corrected chi connectivity index (χ2v) is 6.58. The van der Waals surface area contributed by atoms with E-state index in [0.717, 1.165) is 25.1 Å². The van der Waals surface area contributed by atoms with Crippen LogP contribution in [0.4, 0.5) is 4.39 Å². The summed E-state index contributed by atoms with van der Waals surface area (Å²) in [5, 5.41) is 3.77. The maximum Gasteiger partial charge on any atom is 0.141 e. The first kappa shape index (κ1) is 13.3. The van der Waals surface area contributed by atoms with E-state index in [2.05, 4.69) is 19.2 Å². The largest absolute Gasteiger partial charge is 0.377 e. The predicted octanol–water partition coefficient (Wildman–Crippen LogP) is 3.38. The third kappa shape index (κ3) is 2.18. The number of ether oxygens (including phenoxy) is 1. The molecule has 4 heteroatoms. The molecule has 19 heavy (non-hydrogen) atoms. The molecule has 3 rings (SSSR count). The molecule has 1 aromatic carbocycles. The van der Waals surface area contributed by atoms with Crippen LogP contribution in [0.3, 0.4) is 0 Å². The number of rotatable bonds is 3. The number of nitrogens with one attached hydrogen (secondary N) is 1. The Labute approximate surface area is 118 Å². The van der Waals surface area contributed by atoms with Gasteiger partial charge in [0.2, 0.25) is 0 Å². The average molecular weight is 284 g/mol. The lowest BCUT2D eigenvalue weighted by molar-refractivity contribution is -0.113. The fourth-order valence-electron chi connectivity index (χ4n) is 3.62. The number of halogens is 2. The SMILES string of the molecule is CC1(C)C(NCc2ccc(F)c(Cl)c2)C2CCOC21. The molecule has 1 aliphatic carbocycles. The molecule has 3 atom stereocenters. The highest BCUT2D eigenvalue weighted by Crippen LogP contribution is 2.52. The smallest absolute Gasteiger partial charge is 0.141 e. The molecule has 1 N–H and O–H groups in total. The molecule has 2 fully saturated rings. The van der Waals surface area contributed by atoms with Crippen LogP contribution in [0.1, 0.15) is 25.8 Å². The van der Waals surface area contributed by atoms with Crippen molar-refractivity contribution in [2.24, 2.45) is 11.3 Å². The van der Waals surface area contributed by atoms with Gasteiger partial charge in [0.15, 0.2) is 0 Å². The summed E-state index contributed by atoms with van der Waals surface area (Å²) in [5.41, 5.74) is 1.19. The van der Waals surface area contributed by atoms with Crippen LogP contribution in [0.5, 0.6) is 0 Å². The van der Waals surface area contributed by atoms with Gasteiger partial charge in [0.25, 0.3) is 0 Å². The summed E-state index contributed by atoms with van der Waals surface area (Å²) in [6.07, 6.45) is 1.53. The van der Waals surface area contributed by atoms with Crippen LogP contribution in [0.25, 0.3) is 0 Å². The van der Waals surface area contributed by atoms with Gasteiger partial charge in [0.05, 0.1) is 11.1 Å². The highest BCUT2D eigenvalue weighted by molar-refractivity contribution is 6.30. The lowest BCUT2D eigenvalue weighted by Gasteiger charge is -2.55. The van der Waals surface area contributed by atoms with E-state index in [0.29, 0.717) is 18.1 Å². The van der Waals surface area contributed by atoms with Gasteiger partial charge in [0, 0.05) is 30.5 Å². The van der Waals surface area contributed by atoms with E-state index in [4.69, 9.17) is 16.3 Å². The van der Waals surface area contributed by atoms with E-state index >= 15 is 0 Å². The molecule has 104 valence electrons. The van der Waals surface area contributed by atoms with Crippen molar-refractivity contribution in [1.29, 1.82) is 0 Å². The van der Waals surface area contributed by atoms with Crippen molar-refractivity contribution in [3.05, 3.63) is 34.6 Å².